The van der Waals surface area contributed by atoms with Crippen molar-refractivity contribution in [1.29, 1.82) is 0 Å². The summed E-state index contributed by atoms with van der Waals surface area (Å²) in [5.74, 6) is 0.437. The van der Waals surface area contributed by atoms with Crippen LogP contribution < -0.4 is 0 Å². The SMILES string of the molecule is [2H]c1c([2H])c([2H])c(-c2c3c([2H])c([2H])c([2H])c([2H])c3c(-c3ccc4oc5c(-c6ccccc6)c(-c6ccccc6)ccc5c4c3)c3c([2H])c([2H])c([2H])c([2H])c23)c([2H])c1[2H].[2H]c1c([2H])c([2H])c(-c2c3c([2H])c([2H])c([2H])c([2H])c3c(-c3ccc4oc5c(-c6ccccc6)ccc(-c6ccccc6)c5c4c3)c3c([2H])c([2H])c([2H])c([2H])c23)c([2H])c1[2H].[2H]c1c([2H])c([2H])c2c(-c3ccc4oc5cc(-c6ccccc6-c6ccc(C(C)C)cc6)ccc5c4c3)c3c([2H])c([2H])c([2H])c([2H])c3c(-c3ccccc3)c2c1[2H]. The molecule has 0 aliphatic carbocycles. The van der Waals surface area contributed by atoms with E-state index in [1.165, 1.54) is 5.56 Å². The van der Waals surface area contributed by atoms with Gasteiger partial charge in [0.25, 0.3) is 0 Å². The molecule has 0 saturated carbocycles. The van der Waals surface area contributed by atoms with Crippen LogP contribution in [0.1, 0.15) is 71.9 Å². The lowest BCUT2D eigenvalue weighted by Crippen LogP contribution is -1.90. The fourth-order valence-corrected chi connectivity index (χ4v) is 19.5. The fraction of sp³-hybridized carbons (Fsp3) is 0.0222. The molecule has 0 radical (unpaired) electrons. The van der Waals surface area contributed by atoms with Gasteiger partial charge in [-0.1, -0.05) is 456 Å². The molecule has 27 aromatic rings. The average molecular weight is 1790 g/mol. The normalized spacial score (nSPS) is 15.1. The van der Waals surface area contributed by atoms with Crippen molar-refractivity contribution in [3.05, 3.63) is 508 Å². The molecule has 3 nitrogen and oxygen atoms in total. The first-order chi connectivity index (χ1) is 82.4. The van der Waals surface area contributed by atoms with Crippen LogP contribution in [0.2, 0.25) is 0 Å². The molecule has 0 amide bonds. The van der Waals surface area contributed by atoms with E-state index in [0.717, 1.165) is 88.3 Å². The van der Waals surface area contributed by atoms with Gasteiger partial charge in [-0.05, 0) is 259 Å². The second kappa shape index (κ2) is 35.0. The molecular weight excluding hydrogens is 1670 g/mol. The monoisotopic (exact) mass is 1790 g/mol. The van der Waals surface area contributed by atoms with Crippen molar-refractivity contribution < 1.29 is 59.9 Å². The topological polar surface area (TPSA) is 39.4 Å². The Balaban J connectivity index is 0.000000129. The molecule has 0 bridgehead atoms. The molecular formula is C135H90O3. The summed E-state index contributed by atoms with van der Waals surface area (Å²) in [5.41, 5.74) is 17.1. The number of furan rings is 3. The van der Waals surface area contributed by atoms with Gasteiger partial charge in [-0.15, -0.1) is 0 Å². The van der Waals surface area contributed by atoms with E-state index in [4.69, 9.17) is 43.4 Å². The Bertz CT molecular complexity index is 11300. The van der Waals surface area contributed by atoms with E-state index >= 15 is 0 Å². The highest BCUT2D eigenvalue weighted by Gasteiger charge is 2.27. The minimum Gasteiger partial charge on any atom is -0.456 e. The zero-order valence-corrected chi connectivity index (χ0v) is 73.6. The highest BCUT2D eigenvalue weighted by atomic mass is 16.3. The van der Waals surface area contributed by atoms with Crippen LogP contribution >= 0.6 is 0 Å². The second-order valence-corrected chi connectivity index (χ2v) is 33.8. The van der Waals surface area contributed by atoms with E-state index < -0.39 is 192 Å². The van der Waals surface area contributed by atoms with Gasteiger partial charge in [0.15, 0.2) is 0 Å². The Morgan fingerprint density at radius 2 is 0.457 bits per heavy atom. The molecule has 0 unspecified atom stereocenters. The minimum absolute atomic E-state index is 0.0526. The quantitative estimate of drug-likeness (QED) is 0.108. The molecule has 0 atom stereocenters. The zero-order chi connectivity index (χ0) is 121. The lowest BCUT2D eigenvalue weighted by molar-refractivity contribution is 0.669. The van der Waals surface area contributed by atoms with Crippen LogP contribution in [0, 0.1) is 0 Å². The molecule has 3 heterocycles. The van der Waals surface area contributed by atoms with Crippen LogP contribution in [0.5, 0.6) is 0 Å². The summed E-state index contributed by atoms with van der Waals surface area (Å²) in [7, 11) is 0. The number of hydrogen-bond donors (Lipinski definition) is 0. The van der Waals surface area contributed by atoms with E-state index in [-0.39, 0.29) is 111 Å². The Kier molecular flexibility index (Phi) is 13.6. The lowest BCUT2D eigenvalue weighted by Gasteiger charge is -2.17. The summed E-state index contributed by atoms with van der Waals surface area (Å²) in [6.45, 7) is 4.37. The van der Waals surface area contributed by atoms with Crippen LogP contribution in [0.15, 0.2) is 516 Å². The predicted octanol–water partition coefficient (Wildman–Crippen LogP) is 38.8. The van der Waals surface area contributed by atoms with E-state index in [9.17, 15) is 16.4 Å². The molecule has 0 N–H and O–H groups in total. The Morgan fingerprint density at radius 3 is 0.884 bits per heavy atom. The molecule has 3 aromatic heterocycles. The maximum absolute atomic E-state index is 9.33. The Labute approximate surface area is 848 Å². The molecule has 0 fully saturated rings. The Hall–Kier alpha value is -17.8. The third-order valence-corrected chi connectivity index (χ3v) is 25.7. The van der Waals surface area contributed by atoms with Crippen molar-refractivity contribution >= 4 is 130 Å². The van der Waals surface area contributed by atoms with E-state index in [0.29, 0.717) is 83.6 Å². The van der Waals surface area contributed by atoms with Gasteiger partial charge in [0.1, 0.15) is 33.5 Å². The molecule has 0 aliphatic heterocycles. The van der Waals surface area contributed by atoms with Gasteiger partial charge >= 0.3 is 0 Å². The van der Waals surface area contributed by atoms with Crippen LogP contribution in [0.25, 0.3) is 264 Å². The van der Waals surface area contributed by atoms with Crippen molar-refractivity contribution in [1.82, 2.24) is 0 Å². The van der Waals surface area contributed by atoms with Gasteiger partial charge < -0.3 is 13.3 Å². The van der Waals surface area contributed by atoms with Crippen molar-refractivity contribution in [3.63, 3.8) is 0 Å². The average Bonchev–Trinajstić information content (AvgIpc) is 1.28. The largest absolute Gasteiger partial charge is 0.456 e. The van der Waals surface area contributed by atoms with Gasteiger partial charge in [0.05, 0.1) is 46.6 Å². The van der Waals surface area contributed by atoms with Gasteiger partial charge in [-0.25, -0.2) is 0 Å². The first-order valence-corrected chi connectivity index (χ1v) is 44.9. The third kappa shape index (κ3) is 14.5. The van der Waals surface area contributed by atoms with Crippen molar-refractivity contribution in [3.8, 4) is 134 Å². The number of benzene rings is 24. The highest BCUT2D eigenvalue weighted by molar-refractivity contribution is 6.27. The summed E-state index contributed by atoms with van der Waals surface area (Å²) in [5, 5.41) is 3.45. The fourth-order valence-electron chi connectivity index (χ4n) is 19.5. The highest BCUT2D eigenvalue weighted by Crippen LogP contribution is 2.53. The molecule has 3 heteroatoms. The summed E-state index contributed by atoms with van der Waals surface area (Å²) in [6.07, 6.45) is 0. The first-order valence-electron chi connectivity index (χ1n) is 61.9. The third-order valence-electron chi connectivity index (χ3n) is 25.7. The summed E-state index contributed by atoms with van der Waals surface area (Å²) in [4.78, 5) is 0. The van der Waals surface area contributed by atoms with Crippen molar-refractivity contribution in [2.45, 2.75) is 19.8 Å². The minimum atomic E-state index is -0.718. The summed E-state index contributed by atoms with van der Waals surface area (Å²) < 4.78 is 321. The Morgan fingerprint density at radius 1 is 0.167 bits per heavy atom. The molecule has 648 valence electrons. The number of rotatable bonds is 13. The van der Waals surface area contributed by atoms with E-state index in [1.54, 1.807) is 66.7 Å². The van der Waals surface area contributed by atoms with Crippen LogP contribution in [0.4, 0.5) is 0 Å². The van der Waals surface area contributed by atoms with Crippen molar-refractivity contribution in [2.24, 2.45) is 0 Å². The lowest BCUT2D eigenvalue weighted by atomic mass is 9.85. The second-order valence-electron chi connectivity index (χ2n) is 33.8. The molecule has 0 spiro atoms. The molecule has 27 rings (SSSR count). The number of hydrogen-bond acceptors (Lipinski definition) is 3. The van der Waals surface area contributed by atoms with Gasteiger partial charge in [0.2, 0.25) is 0 Å². The summed E-state index contributed by atoms with van der Waals surface area (Å²) >= 11 is 0. The van der Waals surface area contributed by atoms with Gasteiger partial charge in [-0.3, -0.25) is 0 Å². The van der Waals surface area contributed by atoms with Gasteiger partial charge in [0, 0.05) is 43.4 Å². The zero-order valence-electron chi connectivity index (χ0n) is 108. The summed E-state index contributed by atoms with van der Waals surface area (Å²) in [6, 6.07) is 75.3. The maximum Gasteiger partial charge on any atom is 0.143 e. The molecule has 24 aromatic carbocycles. The van der Waals surface area contributed by atoms with Crippen molar-refractivity contribution in [2.75, 3.05) is 0 Å². The van der Waals surface area contributed by atoms with Crippen LogP contribution in [0.3, 0.4) is 0 Å². The first kappa shape index (κ1) is 53.8. The maximum atomic E-state index is 9.33. The molecule has 138 heavy (non-hydrogen) atoms. The number of fused-ring (bicyclic) bond motifs is 15. The van der Waals surface area contributed by atoms with E-state index in [1.807, 2.05) is 188 Å². The van der Waals surface area contributed by atoms with Gasteiger partial charge in [-0.2, -0.15) is 0 Å². The standard InChI is InChI=1S/C47H34O.2C44H28O/c1-30(2)31-20-22-32(23-21-31)36-14-6-7-15-37(36)34-24-26-38-43-28-35(25-27-44(43)48-45(38)29-34)47-41-18-10-8-16-39(41)46(33-12-4-3-5-13-33)40-17-9-11-19-42(40)47;1-4-14-29(15-5-1)33-25-26-34(30-16-6-2-7-17-30)44-43(33)39-28-32(24-27-40(39)45-44)42-37-22-12-10-20-35(37)41(31-18-8-3-9-19-31)36-21-11-13-23-38(36)42;1-4-14-29(15-5-1)33-25-26-38-39-28-32(24-27-40(39)45-44(38)43(33)31-18-8-3-9-19-31)42-36-22-12-10-20-34(36)41(30-16-6-2-7-17-30)35-21-11-13-23-37(35)42/h3-30H,1-2H3;2*1-28H/i8D,9D,10D,11D,16D,17D,18D,19D;3D,8D,9D,10D,11D,12D,13D,18D,19D,20D,21D,22D,23D;2D,6D,7D,10D,11D,12D,13D,16D,17D,20D,21D,22D,23D. The molecule has 0 aliphatic rings. The van der Waals surface area contributed by atoms with Crippen LogP contribution in [-0.4, -0.2) is 0 Å². The van der Waals surface area contributed by atoms with E-state index in [2.05, 4.69) is 56.3 Å². The predicted molar refractivity (Wildman–Crippen MR) is 586 cm³/mol. The molecule has 0 saturated heterocycles. The smallest absolute Gasteiger partial charge is 0.143 e. The van der Waals surface area contributed by atoms with Crippen LogP contribution in [-0.2, 0) is 0 Å².